The van der Waals surface area contributed by atoms with Crippen molar-refractivity contribution < 1.29 is 17.2 Å². The Morgan fingerprint density at radius 1 is 1.00 bits per heavy atom. The molecule has 1 aromatic heterocycles. The number of hydrogen-bond acceptors (Lipinski definition) is 5. The molecule has 1 aliphatic heterocycles. The number of sulfone groups is 1. The van der Waals surface area contributed by atoms with Gasteiger partial charge in [0.15, 0.2) is 0 Å². The summed E-state index contributed by atoms with van der Waals surface area (Å²) in [4.78, 5) is 6.08. The Kier molecular flexibility index (Phi) is 5.50. The van der Waals surface area contributed by atoms with Gasteiger partial charge in [0.05, 0.1) is 33.8 Å². The normalized spacial score (nSPS) is 16.0. The van der Waals surface area contributed by atoms with Crippen molar-refractivity contribution in [3.05, 3.63) is 95.7 Å². The standard InChI is InChI=1S/C26H19F2N3O2S/c27-19-6-2-5-18(13-19)24-8-3-11-31(24)26-22-14-20(28)9-10-23(22)30-16-25(26)34(32,33)21-7-1-4-17(12-21)15-29/h1-2,4-7,9-10,12-14,16,24H,3,8,11H2/t24-/m0/s1. The van der Waals surface area contributed by atoms with Crippen LogP contribution in [0.1, 0.15) is 30.0 Å². The molecule has 1 saturated heterocycles. The van der Waals surface area contributed by atoms with E-state index in [1.54, 1.807) is 12.1 Å². The van der Waals surface area contributed by atoms with Gasteiger partial charge in [-0.2, -0.15) is 5.26 Å². The number of pyridine rings is 1. The van der Waals surface area contributed by atoms with Crippen LogP contribution in [0.15, 0.2) is 82.7 Å². The summed E-state index contributed by atoms with van der Waals surface area (Å²) in [5.41, 5.74) is 1.71. The maximum absolute atomic E-state index is 14.3. The SMILES string of the molecule is N#Cc1cccc(S(=O)(=O)c2cnc3ccc(F)cc3c2N2CCC[C@H]2c2cccc(F)c2)c1. The summed E-state index contributed by atoms with van der Waals surface area (Å²) < 4.78 is 55.9. The summed E-state index contributed by atoms with van der Waals surface area (Å²) in [7, 11) is -4.11. The fourth-order valence-electron chi connectivity index (χ4n) is 4.58. The van der Waals surface area contributed by atoms with Gasteiger partial charge in [0.1, 0.15) is 16.5 Å². The van der Waals surface area contributed by atoms with E-state index < -0.39 is 15.7 Å². The molecule has 3 aromatic carbocycles. The van der Waals surface area contributed by atoms with E-state index in [9.17, 15) is 22.5 Å². The monoisotopic (exact) mass is 475 g/mol. The molecule has 8 heteroatoms. The van der Waals surface area contributed by atoms with Crippen molar-refractivity contribution in [1.82, 2.24) is 4.98 Å². The van der Waals surface area contributed by atoms with Crippen LogP contribution >= 0.6 is 0 Å². The first kappa shape index (κ1) is 22.0. The molecule has 0 bridgehead atoms. The van der Waals surface area contributed by atoms with Crippen molar-refractivity contribution >= 4 is 26.4 Å². The maximum Gasteiger partial charge on any atom is 0.210 e. The van der Waals surface area contributed by atoms with Gasteiger partial charge >= 0.3 is 0 Å². The second kappa shape index (κ2) is 8.50. The second-order valence-electron chi connectivity index (χ2n) is 8.18. The molecule has 1 fully saturated rings. The lowest BCUT2D eigenvalue weighted by Crippen LogP contribution is -2.25. The third-order valence-electron chi connectivity index (χ3n) is 6.10. The number of rotatable bonds is 4. The number of nitriles is 1. The van der Waals surface area contributed by atoms with E-state index in [1.807, 2.05) is 11.0 Å². The molecular weight excluding hydrogens is 456 g/mol. The fourth-order valence-corrected chi connectivity index (χ4v) is 6.05. The zero-order chi connectivity index (χ0) is 23.9. The van der Waals surface area contributed by atoms with E-state index in [-0.39, 0.29) is 27.2 Å². The molecule has 170 valence electrons. The summed E-state index contributed by atoms with van der Waals surface area (Å²) in [6.45, 7) is 0.511. The molecule has 34 heavy (non-hydrogen) atoms. The van der Waals surface area contributed by atoms with Crippen LogP contribution in [0, 0.1) is 23.0 Å². The van der Waals surface area contributed by atoms with Gasteiger partial charge in [-0.3, -0.25) is 4.98 Å². The third-order valence-corrected chi connectivity index (χ3v) is 7.86. The highest BCUT2D eigenvalue weighted by Crippen LogP contribution is 2.44. The minimum absolute atomic E-state index is 0.0492. The van der Waals surface area contributed by atoms with E-state index in [0.717, 1.165) is 6.42 Å². The van der Waals surface area contributed by atoms with Gasteiger partial charge < -0.3 is 4.90 Å². The lowest BCUT2D eigenvalue weighted by Gasteiger charge is -2.30. The predicted molar refractivity (Wildman–Crippen MR) is 124 cm³/mol. The van der Waals surface area contributed by atoms with Crippen molar-refractivity contribution in [2.24, 2.45) is 0 Å². The van der Waals surface area contributed by atoms with E-state index in [0.29, 0.717) is 35.1 Å². The summed E-state index contributed by atoms with van der Waals surface area (Å²) in [5, 5.41) is 9.60. The molecule has 0 radical (unpaired) electrons. The van der Waals surface area contributed by atoms with Gasteiger partial charge in [0, 0.05) is 18.1 Å². The number of halogens is 2. The average molecular weight is 476 g/mol. The van der Waals surface area contributed by atoms with E-state index in [1.165, 1.54) is 60.8 Å². The van der Waals surface area contributed by atoms with Crippen molar-refractivity contribution in [3.63, 3.8) is 0 Å². The molecule has 0 N–H and O–H groups in total. The predicted octanol–water partition coefficient (Wildman–Crippen LogP) is 5.56. The van der Waals surface area contributed by atoms with Gasteiger partial charge in [-0.1, -0.05) is 18.2 Å². The van der Waals surface area contributed by atoms with Crippen LogP contribution in [0.2, 0.25) is 0 Å². The molecule has 1 aliphatic rings. The number of aromatic nitrogens is 1. The number of anilines is 1. The molecular formula is C26H19F2N3O2S. The Labute approximate surface area is 195 Å². The molecule has 2 heterocycles. The average Bonchev–Trinajstić information content (AvgIpc) is 3.33. The Balaban J connectivity index is 1.77. The lowest BCUT2D eigenvalue weighted by atomic mass is 10.0. The van der Waals surface area contributed by atoms with Gasteiger partial charge in [-0.15, -0.1) is 0 Å². The summed E-state index contributed by atoms with van der Waals surface area (Å²) >= 11 is 0. The molecule has 4 aromatic rings. The summed E-state index contributed by atoms with van der Waals surface area (Å²) in [6, 6.07) is 17.7. The highest BCUT2D eigenvalue weighted by Gasteiger charge is 2.33. The quantitative estimate of drug-likeness (QED) is 0.386. The fraction of sp³-hybridized carbons (Fsp3) is 0.154. The molecule has 0 unspecified atom stereocenters. The summed E-state index contributed by atoms with van der Waals surface area (Å²) in [5.74, 6) is -0.894. The van der Waals surface area contributed by atoms with Crippen LogP contribution in [0.25, 0.3) is 10.9 Å². The largest absolute Gasteiger partial charge is 0.363 e. The van der Waals surface area contributed by atoms with Crippen LogP contribution in [0.4, 0.5) is 14.5 Å². The molecule has 5 nitrogen and oxygen atoms in total. The lowest BCUT2D eigenvalue weighted by molar-refractivity contribution is 0.594. The number of nitrogens with zero attached hydrogens (tertiary/aromatic N) is 3. The van der Waals surface area contributed by atoms with Crippen LogP contribution in [0.5, 0.6) is 0 Å². The van der Waals surface area contributed by atoms with E-state index >= 15 is 0 Å². The Bertz CT molecular complexity index is 1560. The molecule has 0 aliphatic carbocycles. The smallest absolute Gasteiger partial charge is 0.210 e. The minimum Gasteiger partial charge on any atom is -0.363 e. The maximum atomic E-state index is 14.3. The topological polar surface area (TPSA) is 74.1 Å². The zero-order valence-corrected chi connectivity index (χ0v) is 18.8. The van der Waals surface area contributed by atoms with Gasteiger partial charge in [0.2, 0.25) is 9.84 Å². The number of benzene rings is 3. The third kappa shape index (κ3) is 3.78. The zero-order valence-electron chi connectivity index (χ0n) is 17.9. The molecule has 1 atom stereocenters. The van der Waals surface area contributed by atoms with Gasteiger partial charge in [-0.25, -0.2) is 17.2 Å². The van der Waals surface area contributed by atoms with Crippen molar-refractivity contribution in [2.75, 3.05) is 11.4 Å². The van der Waals surface area contributed by atoms with Crippen LogP contribution in [0.3, 0.4) is 0 Å². The van der Waals surface area contributed by atoms with Gasteiger partial charge in [-0.05, 0) is 66.9 Å². The number of hydrogen-bond donors (Lipinski definition) is 0. The van der Waals surface area contributed by atoms with Crippen LogP contribution in [-0.2, 0) is 9.84 Å². The van der Waals surface area contributed by atoms with Crippen molar-refractivity contribution in [2.45, 2.75) is 28.7 Å². The van der Waals surface area contributed by atoms with Crippen LogP contribution in [-0.4, -0.2) is 19.9 Å². The Morgan fingerprint density at radius 3 is 2.59 bits per heavy atom. The molecule has 0 spiro atoms. The van der Waals surface area contributed by atoms with Crippen molar-refractivity contribution in [3.8, 4) is 6.07 Å². The summed E-state index contributed by atoms with van der Waals surface area (Å²) in [6.07, 6.45) is 2.72. The van der Waals surface area contributed by atoms with Crippen molar-refractivity contribution in [1.29, 1.82) is 5.26 Å². The first-order chi connectivity index (χ1) is 16.4. The first-order valence-electron chi connectivity index (χ1n) is 10.7. The highest BCUT2D eigenvalue weighted by molar-refractivity contribution is 7.91. The highest BCUT2D eigenvalue weighted by atomic mass is 32.2. The number of fused-ring (bicyclic) bond motifs is 1. The Hall–Kier alpha value is -3.83. The molecule has 5 rings (SSSR count). The second-order valence-corrected chi connectivity index (χ2v) is 10.1. The minimum atomic E-state index is -4.11. The van der Waals surface area contributed by atoms with Crippen LogP contribution < -0.4 is 4.90 Å². The first-order valence-corrected chi connectivity index (χ1v) is 12.2. The Morgan fingerprint density at radius 2 is 1.79 bits per heavy atom. The molecule has 0 saturated carbocycles. The van der Waals surface area contributed by atoms with E-state index in [4.69, 9.17) is 0 Å². The van der Waals surface area contributed by atoms with Gasteiger partial charge in [0.25, 0.3) is 0 Å². The molecule has 0 amide bonds. The van der Waals surface area contributed by atoms with E-state index in [2.05, 4.69) is 4.98 Å².